The lowest BCUT2D eigenvalue weighted by Gasteiger charge is -2.23. The number of halogens is 1. The van der Waals surface area contributed by atoms with E-state index in [2.05, 4.69) is 22.6 Å². The molecule has 0 aromatic rings. The fraction of sp³-hybridized carbons (Fsp3) is 0.833. The number of carbonyl (C=O) groups is 1. The predicted molar refractivity (Wildman–Crippen MR) is 42.6 cm³/mol. The maximum atomic E-state index is 10.6. The molecule has 0 aliphatic carbocycles. The van der Waals surface area contributed by atoms with E-state index in [0.29, 0.717) is 10.3 Å². The summed E-state index contributed by atoms with van der Waals surface area (Å²) in [6.07, 6.45) is 1.69. The first-order chi connectivity index (χ1) is 4.20. The van der Waals surface area contributed by atoms with Crippen molar-refractivity contribution in [2.24, 2.45) is 0 Å². The van der Waals surface area contributed by atoms with Gasteiger partial charge in [0.1, 0.15) is 6.10 Å². The quantitative estimate of drug-likeness (QED) is 0.364. The third kappa shape index (κ3) is 1.81. The molecule has 2 nitrogen and oxygen atoms in total. The maximum Gasteiger partial charge on any atom is 0.306 e. The summed E-state index contributed by atoms with van der Waals surface area (Å²) < 4.78 is 5.47. The van der Waals surface area contributed by atoms with E-state index in [4.69, 9.17) is 4.74 Å². The average Bonchev–Trinajstić information content (AvgIpc) is 1.80. The van der Waals surface area contributed by atoms with Crippen LogP contribution < -0.4 is 0 Å². The molecular weight excluding hydrogens is 231 g/mol. The van der Waals surface area contributed by atoms with Crippen LogP contribution in [0.5, 0.6) is 0 Å². The highest BCUT2D eigenvalue weighted by molar-refractivity contribution is 14.1. The number of hydrogen-bond acceptors (Lipinski definition) is 2. The van der Waals surface area contributed by atoms with Crippen LogP contribution in [-0.4, -0.2) is 16.0 Å². The molecule has 0 aromatic heterocycles. The lowest BCUT2D eigenvalue weighted by atomic mass is 10.1. The fourth-order valence-electron chi connectivity index (χ4n) is 0.831. The fourth-order valence-corrected chi connectivity index (χ4v) is 1.29. The van der Waals surface area contributed by atoms with Gasteiger partial charge in [-0.3, -0.25) is 4.79 Å². The summed E-state index contributed by atoms with van der Waals surface area (Å²) in [5.41, 5.74) is 0. The summed E-state index contributed by atoms with van der Waals surface area (Å²) in [7, 11) is 0. The molecule has 0 aromatic carbocycles. The van der Waals surface area contributed by atoms with Gasteiger partial charge in [0.25, 0.3) is 0 Å². The van der Waals surface area contributed by atoms with Crippen molar-refractivity contribution in [2.45, 2.75) is 29.8 Å². The SMILES string of the molecule is C[C@@H]1OC(=O)CC[C@H]1I. The summed E-state index contributed by atoms with van der Waals surface area (Å²) in [5, 5.41) is 0. The lowest BCUT2D eigenvalue weighted by molar-refractivity contribution is -0.151. The molecule has 52 valence electrons. The van der Waals surface area contributed by atoms with E-state index < -0.39 is 0 Å². The van der Waals surface area contributed by atoms with Crippen LogP contribution in [0, 0.1) is 0 Å². The summed E-state index contributed by atoms with van der Waals surface area (Å²) in [6, 6.07) is 0. The van der Waals surface area contributed by atoms with E-state index in [9.17, 15) is 4.79 Å². The van der Waals surface area contributed by atoms with E-state index in [0.717, 1.165) is 6.42 Å². The van der Waals surface area contributed by atoms with Crippen molar-refractivity contribution in [1.82, 2.24) is 0 Å². The van der Waals surface area contributed by atoms with Crippen LogP contribution in [0.3, 0.4) is 0 Å². The molecule has 0 bridgehead atoms. The molecular formula is C6H9IO2. The van der Waals surface area contributed by atoms with Gasteiger partial charge in [-0.15, -0.1) is 0 Å². The smallest absolute Gasteiger partial charge is 0.306 e. The molecule has 0 radical (unpaired) electrons. The van der Waals surface area contributed by atoms with Crippen molar-refractivity contribution in [3.63, 3.8) is 0 Å². The standard InChI is InChI=1S/C6H9IO2/c1-4-5(7)2-3-6(8)9-4/h4-5H,2-3H2,1H3/t4-,5+/m0/s1. The van der Waals surface area contributed by atoms with Gasteiger partial charge in [-0.05, 0) is 13.3 Å². The van der Waals surface area contributed by atoms with E-state index in [1.54, 1.807) is 0 Å². The molecule has 0 saturated carbocycles. The van der Waals surface area contributed by atoms with Gasteiger partial charge in [-0.1, -0.05) is 22.6 Å². The molecule has 0 unspecified atom stereocenters. The molecule has 1 rings (SSSR count). The Morgan fingerprint density at radius 3 is 2.89 bits per heavy atom. The second-order valence-corrected chi connectivity index (χ2v) is 3.85. The molecule has 9 heavy (non-hydrogen) atoms. The molecule has 1 heterocycles. The monoisotopic (exact) mass is 240 g/mol. The van der Waals surface area contributed by atoms with Crippen molar-refractivity contribution in [2.75, 3.05) is 0 Å². The molecule has 0 N–H and O–H groups in total. The number of hydrogen-bond donors (Lipinski definition) is 0. The highest BCUT2D eigenvalue weighted by atomic mass is 127. The molecule has 3 heteroatoms. The average molecular weight is 240 g/mol. The number of ether oxygens (including phenoxy) is 1. The minimum Gasteiger partial charge on any atom is -0.462 e. The minimum atomic E-state index is -0.0459. The van der Waals surface area contributed by atoms with Crippen LogP contribution in [-0.2, 0) is 9.53 Å². The van der Waals surface area contributed by atoms with Crippen LogP contribution in [0.2, 0.25) is 0 Å². The van der Waals surface area contributed by atoms with Crippen LogP contribution in [0.15, 0.2) is 0 Å². The lowest BCUT2D eigenvalue weighted by Crippen LogP contribution is -2.29. The van der Waals surface area contributed by atoms with Gasteiger partial charge in [0.2, 0.25) is 0 Å². The summed E-state index contributed by atoms with van der Waals surface area (Å²) >= 11 is 2.32. The molecule has 1 aliphatic heterocycles. The topological polar surface area (TPSA) is 26.3 Å². The van der Waals surface area contributed by atoms with Gasteiger partial charge < -0.3 is 4.74 Å². The first kappa shape index (κ1) is 7.31. The number of carbonyl (C=O) groups excluding carboxylic acids is 1. The van der Waals surface area contributed by atoms with Crippen LogP contribution in [0.1, 0.15) is 19.8 Å². The molecule has 1 fully saturated rings. The van der Waals surface area contributed by atoms with Crippen LogP contribution in [0.4, 0.5) is 0 Å². The Balaban J connectivity index is 2.44. The third-order valence-electron chi connectivity index (χ3n) is 1.45. The second kappa shape index (κ2) is 2.86. The van der Waals surface area contributed by atoms with Crippen molar-refractivity contribution >= 4 is 28.6 Å². The summed E-state index contributed by atoms with van der Waals surface area (Å²) in [5.74, 6) is -0.0459. The Kier molecular flexibility index (Phi) is 2.32. The molecule has 1 saturated heterocycles. The first-order valence-electron chi connectivity index (χ1n) is 3.03. The predicted octanol–water partition coefficient (Wildman–Crippen LogP) is 1.52. The van der Waals surface area contributed by atoms with Gasteiger partial charge in [-0.2, -0.15) is 0 Å². The van der Waals surface area contributed by atoms with Crippen LogP contribution in [0.25, 0.3) is 0 Å². The van der Waals surface area contributed by atoms with Gasteiger partial charge in [0.15, 0.2) is 0 Å². The zero-order chi connectivity index (χ0) is 6.85. The molecule has 0 spiro atoms. The summed E-state index contributed by atoms with van der Waals surface area (Å²) in [6.45, 7) is 1.94. The zero-order valence-corrected chi connectivity index (χ0v) is 7.42. The van der Waals surface area contributed by atoms with Gasteiger partial charge >= 0.3 is 5.97 Å². The van der Waals surface area contributed by atoms with Crippen molar-refractivity contribution in [3.05, 3.63) is 0 Å². The second-order valence-electron chi connectivity index (χ2n) is 2.25. The molecule has 0 amide bonds. The van der Waals surface area contributed by atoms with Gasteiger partial charge in [0, 0.05) is 10.3 Å². The zero-order valence-electron chi connectivity index (χ0n) is 5.26. The van der Waals surface area contributed by atoms with E-state index in [-0.39, 0.29) is 12.1 Å². The number of esters is 1. The van der Waals surface area contributed by atoms with E-state index in [1.807, 2.05) is 6.92 Å². The Morgan fingerprint density at radius 1 is 1.78 bits per heavy atom. The number of cyclic esters (lactones) is 1. The maximum absolute atomic E-state index is 10.6. The Morgan fingerprint density at radius 2 is 2.44 bits per heavy atom. The molecule has 1 aliphatic rings. The highest BCUT2D eigenvalue weighted by Gasteiger charge is 2.24. The third-order valence-corrected chi connectivity index (χ3v) is 3.09. The van der Waals surface area contributed by atoms with Gasteiger partial charge in [-0.25, -0.2) is 0 Å². The van der Waals surface area contributed by atoms with Crippen molar-refractivity contribution in [3.8, 4) is 0 Å². The van der Waals surface area contributed by atoms with Crippen molar-refractivity contribution in [1.29, 1.82) is 0 Å². The first-order valence-corrected chi connectivity index (χ1v) is 4.28. The van der Waals surface area contributed by atoms with E-state index >= 15 is 0 Å². The van der Waals surface area contributed by atoms with Crippen molar-refractivity contribution < 1.29 is 9.53 Å². The summed E-state index contributed by atoms with van der Waals surface area (Å²) in [4.78, 5) is 10.6. The largest absolute Gasteiger partial charge is 0.462 e. The highest BCUT2D eigenvalue weighted by Crippen LogP contribution is 2.21. The Bertz CT molecular complexity index is 124. The Hall–Kier alpha value is 0.200. The Labute approximate surface area is 68.1 Å². The number of rotatable bonds is 0. The van der Waals surface area contributed by atoms with E-state index in [1.165, 1.54) is 0 Å². The normalized spacial score (nSPS) is 36.0. The minimum absolute atomic E-state index is 0.0459. The van der Waals surface area contributed by atoms with Gasteiger partial charge in [0.05, 0.1) is 0 Å². The van der Waals surface area contributed by atoms with Crippen LogP contribution >= 0.6 is 22.6 Å². The number of alkyl halides is 1. The molecule has 2 atom stereocenters.